The van der Waals surface area contributed by atoms with Crippen molar-refractivity contribution in [3.8, 4) is 39.8 Å². The minimum Gasteiger partial charge on any atom is -0.497 e. The number of nitrogens with zero attached hydrogens (tertiary/aromatic N) is 7. The predicted molar refractivity (Wildman–Crippen MR) is 255 cm³/mol. The quantitative estimate of drug-likeness (QED) is 0.0931. The molecule has 4 N–H and O–H groups in total. The Morgan fingerprint density at radius 1 is 0.809 bits per heavy atom. The average molecular weight is 969 g/mol. The summed E-state index contributed by atoms with van der Waals surface area (Å²) >= 11 is 0. The normalized spacial score (nSPS) is 14.5. The summed E-state index contributed by atoms with van der Waals surface area (Å²) in [4.78, 5) is 18.8. The molecule has 0 unspecified atom stereocenters. The molecule has 360 valence electrons. The van der Waals surface area contributed by atoms with Crippen molar-refractivity contribution in [2.24, 2.45) is 0 Å². The van der Waals surface area contributed by atoms with Gasteiger partial charge in [-0.05, 0) is 116 Å². The van der Waals surface area contributed by atoms with Crippen LogP contribution in [0.2, 0.25) is 0 Å². The van der Waals surface area contributed by atoms with Gasteiger partial charge in [0.25, 0.3) is 0 Å². The monoisotopic (exact) mass is 968 g/mol. The SMILES string of the molecule is COc1ccc(CN(Cc2ccc(OC)cc2)S(=O)(=O)c2c(S(=O)(=O)N[C@@H]3CCN(CCNC(=O)OC(C)(C)C)C3)ccc(-c3ccc(N)nc3)c2-c2nnn(Cc3ccc(OC)cc3)n2)cc1. The van der Waals surface area contributed by atoms with Gasteiger partial charge in [0, 0.05) is 50.5 Å². The molecule has 1 fully saturated rings. The van der Waals surface area contributed by atoms with Crippen molar-refractivity contribution >= 4 is 32.0 Å². The van der Waals surface area contributed by atoms with Crippen LogP contribution in [0.15, 0.2) is 113 Å². The third-order valence-corrected chi connectivity index (χ3v) is 14.6. The molecule has 1 atom stereocenters. The molecule has 6 aromatic rings. The maximum Gasteiger partial charge on any atom is 0.407 e. The molecule has 1 amide bonds. The molecule has 0 radical (unpaired) electrons. The van der Waals surface area contributed by atoms with Crippen molar-refractivity contribution < 1.29 is 40.6 Å². The molecule has 1 aliphatic heterocycles. The van der Waals surface area contributed by atoms with Gasteiger partial charge in [-0.2, -0.15) is 9.10 Å². The second-order valence-electron chi connectivity index (χ2n) is 17.1. The van der Waals surface area contributed by atoms with Crippen LogP contribution in [0.25, 0.3) is 22.5 Å². The number of hydrogen-bond acceptors (Lipinski definition) is 15. The molecule has 0 saturated carbocycles. The maximum atomic E-state index is 16.0. The van der Waals surface area contributed by atoms with E-state index in [4.69, 9.17) is 29.8 Å². The molecule has 0 bridgehead atoms. The number of nitrogen functional groups attached to an aromatic ring is 1. The molecular weight excluding hydrogens is 913 g/mol. The summed E-state index contributed by atoms with van der Waals surface area (Å²) in [6.07, 6.45) is 1.33. The zero-order valence-electron chi connectivity index (χ0n) is 38.7. The van der Waals surface area contributed by atoms with Crippen molar-refractivity contribution in [2.75, 3.05) is 53.2 Å². The van der Waals surface area contributed by atoms with Crippen molar-refractivity contribution in [1.82, 2.24) is 44.4 Å². The van der Waals surface area contributed by atoms with Crippen molar-refractivity contribution in [3.63, 3.8) is 0 Å². The topological polar surface area (TPSA) is 235 Å². The highest BCUT2D eigenvalue weighted by Crippen LogP contribution is 2.41. The number of carbonyl (C=O) groups excluding carboxylic acids is 1. The molecule has 7 rings (SSSR count). The van der Waals surface area contributed by atoms with Gasteiger partial charge >= 0.3 is 6.09 Å². The number of likely N-dealkylation sites (tertiary alicyclic amines) is 1. The number of carbonyl (C=O) groups is 1. The molecular formula is C47H56N10O9S2. The van der Waals surface area contributed by atoms with Crippen LogP contribution in [-0.2, 0) is 44.4 Å². The summed E-state index contributed by atoms with van der Waals surface area (Å²) in [5, 5.41) is 16.2. The second kappa shape index (κ2) is 21.1. The van der Waals surface area contributed by atoms with E-state index in [-0.39, 0.29) is 48.9 Å². The zero-order chi connectivity index (χ0) is 48.6. The Bertz CT molecular complexity index is 2840. The van der Waals surface area contributed by atoms with Gasteiger partial charge in [0.2, 0.25) is 25.9 Å². The highest BCUT2D eigenvalue weighted by Gasteiger charge is 2.39. The Hall–Kier alpha value is -6.65. The van der Waals surface area contributed by atoms with Gasteiger partial charge in [0.1, 0.15) is 38.5 Å². The fourth-order valence-corrected chi connectivity index (χ4v) is 11.3. The van der Waals surface area contributed by atoms with Crippen LogP contribution < -0.4 is 30.0 Å². The number of methoxy groups -OCH3 is 3. The highest BCUT2D eigenvalue weighted by molar-refractivity contribution is 7.92. The van der Waals surface area contributed by atoms with Gasteiger partial charge in [-0.1, -0.05) is 42.5 Å². The van der Waals surface area contributed by atoms with Gasteiger partial charge in [-0.25, -0.2) is 31.3 Å². The predicted octanol–water partition coefficient (Wildman–Crippen LogP) is 5.33. The Kier molecular flexibility index (Phi) is 15.3. The van der Waals surface area contributed by atoms with E-state index in [1.54, 1.807) is 101 Å². The molecule has 4 aromatic carbocycles. The first-order valence-electron chi connectivity index (χ1n) is 21.7. The van der Waals surface area contributed by atoms with Gasteiger partial charge in [0.05, 0.1) is 33.4 Å². The lowest BCUT2D eigenvalue weighted by Crippen LogP contribution is -2.40. The standard InChI is InChI=1S/C47H56N10O9S2/c1-47(2,3)66-46(58)49-24-26-55-25-23-36(31-55)53-67(59,60)41-21-20-40(35-13-22-42(48)50-27-35)43(45-51-54-57(52-45)30-34-11-18-39(65-6)19-12-34)44(41)68(61,62)56(28-32-7-14-37(63-4)15-8-32)29-33-9-16-38(64-5)17-10-33/h7-22,27,36,53H,23-26,28-31H2,1-6H3,(H2,48,50)(H,49,58)/t36-/m1/s1. The van der Waals surface area contributed by atoms with Gasteiger partial charge in [-0.15, -0.1) is 10.2 Å². The largest absolute Gasteiger partial charge is 0.497 e. The van der Waals surface area contributed by atoms with E-state index >= 15 is 16.8 Å². The molecule has 0 spiro atoms. The van der Waals surface area contributed by atoms with Gasteiger partial charge < -0.3 is 30.0 Å². The number of amides is 1. The number of alkyl carbamates (subject to hydrolysis) is 1. The Morgan fingerprint density at radius 3 is 1.94 bits per heavy atom. The number of ether oxygens (including phenoxy) is 4. The number of nitrogens with one attached hydrogen (secondary N) is 2. The summed E-state index contributed by atoms with van der Waals surface area (Å²) in [6.45, 7) is 6.62. The van der Waals surface area contributed by atoms with Crippen molar-refractivity contribution in [3.05, 3.63) is 120 Å². The molecule has 0 aliphatic carbocycles. The van der Waals surface area contributed by atoms with E-state index < -0.39 is 47.6 Å². The first-order chi connectivity index (χ1) is 32.4. The second-order valence-corrected chi connectivity index (χ2v) is 20.6. The Labute approximate surface area is 396 Å². The number of benzene rings is 4. The average Bonchev–Trinajstić information content (AvgIpc) is 3.97. The summed E-state index contributed by atoms with van der Waals surface area (Å²) in [5.74, 6) is 1.85. The minimum atomic E-state index is -4.88. The number of aromatic nitrogens is 5. The van der Waals surface area contributed by atoms with Gasteiger partial charge in [0.15, 0.2) is 0 Å². The van der Waals surface area contributed by atoms with E-state index in [2.05, 4.69) is 25.3 Å². The fraction of sp³-hybridized carbons (Fsp3) is 0.340. The van der Waals surface area contributed by atoms with Crippen LogP contribution in [0.4, 0.5) is 10.6 Å². The van der Waals surface area contributed by atoms with Crippen LogP contribution in [-0.4, -0.2) is 116 Å². The molecule has 1 aliphatic rings. The lowest BCUT2D eigenvalue weighted by molar-refractivity contribution is 0.0523. The number of nitrogens with two attached hydrogens (primary N) is 1. The number of hydrogen-bond donors (Lipinski definition) is 3. The molecule has 21 heteroatoms. The number of anilines is 1. The van der Waals surface area contributed by atoms with Crippen LogP contribution in [0.3, 0.4) is 0 Å². The first kappa shape index (κ1) is 49.3. The summed E-state index contributed by atoms with van der Waals surface area (Å²) in [5.41, 5.74) is 7.90. The Morgan fingerprint density at radius 2 is 1.40 bits per heavy atom. The fourth-order valence-electron chi connectivity index (χ4n) is 7.63. The molecule has 3 heterocycles. The van der Waals surface area contributed by atoms with E-state index in [0.717, 1.165) is 5.56 Å². The smallest absolute Gasteiger partial charge is 0.407 e. The summed E-state index contributed by atoms with van der Waals surface area (Å²) < 4.78 is 87.5. The van der Waals surface area contributed by atoms with Crippen LogP contribution in [0, 0.1) is 0 Å². The van der Waals surface area contributed by atoms with Crippen LogP contribution in [0.1, 0.15) is 43.9 Å². The molecule has 68 heavy (non-hydrogen) atoms. The van der Waals surface area contributed by atoms with Crippen molar-refractivity contribution in [2.45, 2.75) is 68.3 Å². The Balaban J connectivity index is 1.36. The van der Waals surface area contributed by atoms with Crippen LogP contribution >= 0.6 is 0 Å². The van der Waals surface area contributed by atoms with Gasteiger partial charge in [-0.3, -0.25) is 4.90 Å². The minimum absolute atomic E-state index is 0.115. The van der Waals surface area contributed by atoms with E-state index in [1.165, 1.54) is 41.7 Å². The summed E-state index contributed by atoms with van der Waals surface area (Å²) in [7, 11) is -4.90. The van der Waals surface area contributed by atoms with Crippen LogP contribution in [0.5, 0.6) is 17.2 Å². The molecule has 2 aromatic heterocycles. The number of pyridine rings is 1. The van der Waals surface area contributed by atoms with E-state index in [9.17, 15) is 4.79 Å². The third kappa shape index (κ3) is 12.3. The number of tetrazole rings is 1. The first-order valence-corrected chi connectivity index (χ1v) is 24.6. The zero-order valence-corrected chi connectivity index (χ0v) is 40.4. The number of sulfonamides is 2. The maximum absolute atomic E-state index is 16.0. The molecule has 1 saturated heterocycles. The lowest BCUT2D eigenvalue weighted by atomic mass is 10.0. The number of rotatable bonds is 19. The lowest BCUT2D eigenvalue weighted by Gasteiger charge is -2.26. The summed E-state index contributed by atoms with van der Waals surface area (Å²) in [6, 6.07) is 26.5. The van der Waals surface area contributed by atoms with E-state index in [1.807, 2.05) is 17.0 Å². The third-order valence-electron chi connectivity index (χ3n) is 11.0. The van der Waals surface area contributed by atoms with E-state index in [0.29, 0.717) is 60.0 Å². The van der Waals surface area contributed by atoms with Crippen molar-refractivity contribution in [1.29, 1.82) is 0 Å². The highest BCUT2D eigenvalue weighted by atomic mass is 32.2. The molecule has 19 nitrogen and oxygen atoms in total.